The molecule has 0 aliphatic rings. The zero-order valence-corrected chi connectivity index (χ0v) is 11.8. The van der Waals surface area contributed by atoms with E-state index in [1.165, 1.54) is 0 Å². The molecule has 1 heterocycles. The summed E-state index contributed by atoms with van der Waals surface area (Å²) >= 11 is 2.91. The van der Waals surface area contributed by atoms with Crippen molar-refractivity contribution in [3.05, 3.63) is 39.6 Å². The van der Waals surface area contributed by atoms with E-state index in [0.29, 0.717) is 23.0 Å². The molecule has 0 radical (unpaired) electrons. The van der Waals surface area contributed by atoms with Crippen LogP contribution in [0.4, 0.5) is 26.1 Å². The number of halogens is 3. The lowest BCUT2D eigenvalue weighted by atomic mass is 10.2. The summed E-state index contributed by atoms with van der Waals surface area (Å²) < 4.78 is 27.2. The number of hydrogen-bond donors (Lipinski definition) is 2. The van der Waals surface area contributed by atoms with E-state index in [1.807, 2.05) is 0 Å². The van der Waals surface area contributed by atoms with E-state index in [2.05, 4.69) is 31.2 Å². The molecule has 2 rings (SSSR count). The van der Waals surface area contributed by atoms with Gasteiger partial charge in [0.2, 0.25) is 0 Å². The Morgan fingerprint density at radius 2 is 1.84 bits per heavy atom. The summed E-state index contributed by atoms with van der Waals surface area (Å²) in [5.74, 6) is -0.0648. The highest BCUT2D eigenvalue weighted by Gasteiger charge is 2.12. The number of aromatic nitrogens is 2. The smallest absolute Gasteiger partial charge is 0.148 e. The normalized spacial score (nSPS) is 10.6. The zero-order chi connectivity index (χ0) is 14.2. The first-order valence-electron chi connectivity index (χ1n) is 5.40. The number of nitrogen functional groups attached to an aromatic ring is 1. The molecule has 0 aliphatic carbocycles. The maximum Gasteiger partial charge on any atom is 0.148 e. The predicted molar refractivity (Wildman–Crippen MR) is 73.3 cm³/mol. The highest BCUT2D eigenvalue weighted by atomic mass is 79.9. The topological polar surface area (TPSA) is 63.8 Å². The van der Waals surface area contributed by atoms with Crippen molar-refractivity contribution in [1.82, 2.24) is 9.97 Å². The van der Waals surface area contributed by atoms with Gasteiger partial charge in [-0.25, -0.2) is 18.7 Å². The minimum Gasteiger partial charge on any atom is -0.383 e. The molecule has 1 aromatic carbocycles. The third-order valence-electron chi connectivity index (χ3n) is 2.56. The Kier molecular flexibility index (Phi) is 3.66. The van der Waals surface area contributed by atoms with Gasteiger partial charge in [-0.15, -0.1) is 0 Å². The van der Waals surface area contributed by atoms with Gasteiger partial charge in [-0.1, -0.05) is 0 Å². The molecule has 0 spiro atoms. The van der Waals surface area contributed by atoms with Crippen LogP contribution in [0.25, 0.3) is 0 Å². The van der Waals surface area contributed by atoms with Crippen LogP contribution in [0.3, 0.4) is 0 Å². The second kappa shape index (κ2) is 5.08. The first kappa shape index (κ1) is 13.7. The molecule has 7 heteroatoms. The monoisotopic (exact) mass is 328 g/mol. The van der Waals surface area contributed by atoms with Crippen molar-refractivity contribution in [3.63, 3.8) is 0 Å². The molecule has 100 valence electrons. The Morgan fingerprint density at radius 1 is 1.16 bits per heavy atom. The average Bonchev–Trinajstić information content (AvgIpc) is 2.32. The molecule has 3 N–H and O–H groups in total. The van der Waals surface area contributed by atoms with Gasteiger partial charge in [0.1, 0.15) is 29.1 Å². The lowest BCUT2D eigenvalue weighted by Crippen LogP contribution is -2.06. The predicted octanol–water partition coefficient (Wildman–Crippen LogP) is 3.46. The van der Waals surface area contributed by atoms with Gasteiger partial charge in [-0.2, -0.15) is 0 Å². The van der Waals surface area contributed by atoms with E-state index in [-0.39, 0.29) is 10.2 Å². The van der Waals surface area contributed by atoms with Crippen LogP contribution in [-0.4, -0.2) is 9.97 Å². The number of benzene rings is 1. The maximum absolute atomic E-state index is 13.7. The van der Waals surface area contributed by atoms with Crippen molar-refractivity contribution < 1.29 is 8.78 Å². The van der Waals surface area contributed by atoms with Crippen molar-refractivity contribution in [2.45, 2.75) is 13.8 Å². The van der Waals surface area contributed by atoms with Gasteiger partial charge >= 0.3 is 0 Å². The summed E-state index contributed by atoms with van der Waals surface area (Å²) in [5, 5.41) is 2.72. The molecule has 0 amide bonds. The van der Waals surface area contributed by atoms with Crippen LogP contribution in [0.15, 0.2) is 16.6 Å². The fourth-order valence-corrected chi connectivity index (χ4v) is 1.83. The molecule has 2 aromatic rings. The molecule has 0 saturated heterocycles. The number of nitrogens with two attached hydrogens (primary N) is 1. The Labute approximate surface area is 117 Å². The number of nitrogens with one attached hydrogen (secondary N) is 1. The summed E-state index contributed by atoms with van der Waals surface area (Å²) in [4.78, 5) is 8.10. The molecule has 0 fully saturated rings. The van der Waals surface area contributed by atoms with Gasteiger partial charge in [0, 0.05) is 11.6 Å². The van der Waals surface area contributed by atoms with E-state index in [9.17, 15) is 8.78 Å². The van der Waals surface area contributed by atoms with Crippen molar-refractivity contribution >= 4 is 33.3 Å². The summed E-state index contributed by atoms with van der Waals surface area (Å²) in [6.45, 7) is 3.36. The number of hydrogen-bond acceptors (Lipinski definition) is 4. The molecule has 0 atom stereocenters. The van der Waals surface area contributed by atoms with E-state index in [1.54, 1.807) is 13.8 Å². The lowest BCUT2D eigenvalue weighted by molar-refractivity contribution is 0.597. The molecule has 4 nitrogen and oxygen atoms in total. The zero-order valence-electron chi connectivity index (χ0n) is 10.3. The first-order valence-corrected chi connectivity index (χ1v) is 6.20. The van der Waals surface area contributed by atoms with Crippen LogP contribution in [0.5, 0.6) is 0 Å². The molecule has 0 saturated carbocycles. The number of aryl methyl sites for hydroxylation is 1. The minimum absolute atomic E-state index is 0.0127. The van der Waals surface area contributed by atoms with E-state index >= 15 is 0 Å². The van der Waals surface area contributed by atoms with Gasteiger partial charge in [-0.05, 0) is 35.8 Å². The summed E-state index contributed by atoms with van der Waals surface area (Å²) in [6, 6.07) is 2.09. The van der Waals surface area contributed by atoms with E-state index in [4.69, 9.17) is 5.73 Å². The Morgan fingerprint density at radius 3 is 2.53 bits per heavy atom. The molecule has 0 bridgehead atoms. The fraction of sp³-hybridized carbons (Fsp3) is 0.167. The van der Waals surface area contributed by atoms with Gasteiger partial charge in [0.05, 0.1) is 10.2 Å². The lowest BCUT2D eigenvalue weighted by Gasteiger charge is -2.12. The number of anilines is 3. The van der Waals surface area contributed by atoms with Crippen LogP contribution in [0.2, 0.25) is 0 Å². The number of rotatable bonds is 2. The van der Waals surface area contributed by atoms with E-state index < -0.39 is 11.6 Å². The minimum atomic E-state index is -0.595. The van der Waals surface area contributed by atoms with Crippen molar-refractivity contribution in [2.75, 3.05) is 11.1 Å². The summed E-state index contributed by atoms with van der Waals surface area (Å²) in [7, 11) is 0. The van der Waals surface area contributed by atoms with Crippen molar-refractivity contribution in [3.8, 4) is 0 Å². The summed E-state index contributed by atoms with van der Waals surface area (Å²) in [6.07, 6.45) is 0. The fourth-order valence-electron chi connectivity index (χ4n) is 1.52. The quantitative estimate of drug-likeness (QED) is 0.828. The highest BCUT2D eigenvalue weighted by Crippen LogP contribution is 2.27. The van der Waals surface area contributed by atoms with Gasteiger partial charge in [0.15, 0.2) is 0 Å². The average molecular weight is 329 g/mol. The second-order valence-corrected chi connectivity index (χ2v) is 4.86. The van der Waals surface area contributed by atoms with E-state index in [0.717, 1.165) is 12.1 Å². The third kappa shape index (κ3) is 2.81. The van der Waals surface area contributed by atoms with Gasteiger partial charge in [0.25, 0.3) is 0 Å². The summed E-state index contributed by atoms with van der Waals surface area (Å²) in [5.41, 5.74) is 6.27. The first-order chi connectivity index (χ1) is 8.88. The van der Waals surface area contributed by atoms with Gasteiger partial charge in [-0.3, -0.25) is 0 Å². The molecule has 1 aromatic heterocycles. The highest BCUT2D eigenvalue weighted by molar-refractivity contribution is 9.10. The molecule has 0 unspecified atom stereocenters. The Balaban J connectivity index is 2.44. The molecular formula is C12H11BrF2N4. The van der Waals surface area contributed by atoms with Crippen molar-refractivity contribution in [2.24, 2.45) is 0 Å². The standard InChI is InChI=1S/C12H11BrF2N4/c1-5-11(16)17-6(2)18-12(5)19-10-4-8(14)7(13)3-9(10)15/h3-4H,1-2H3,(H3,16,17,18,19). The Bertz CT molecular complexity index is 646. The van der Waals surface area contributed by atoms with Crippen LogP contribution >= 0.6 is 15.9 Å². The molecule has 19 heavy (non-hydrogen) atoms. The molecule has 0 aliphatic heterocycles. The Hall–Kier alpha value is -1.76. The van der Waals surface area contributed by atoms with Crippen LogP contribution in [-0.2, 0) is 0 Å². The van der Waals surface area contributed by atoms with Crippen molar-refractivity contribution in [1.29, 1.82) is 0 Å². The van der Waals surface area contributed by atoms with Crippen LogP contribution in [0.1, 0.15) is 11.4 Å². The SMILES string of the molecule is Cc1nc(N)c(C)c(Nc2cc(F)c(Br)cc2F)n1. The maximum atomic E-state index is 13.7. The largest absolute Gasteiger partial charge is 0.383 e. The number of nitrogens with zero attached hydrogens (tertiary/aromatic N) is 2. The molecular weight excluding hydrogens is 318 g/mol. The van der Waals surface area contributed by atoms with Crippen LogP contribution < -0.4 is 11.1 Å². The third-order valence-corrected chi connectivity index (χ3v) is 3.17. The van der Waals surface area contributed by atoms with Crippen LogP contribution in [0, 0.1) is 25.5 Å². The second-order valence-electron chi connectivity index (χ2n) is 4.00. The van der Waals surface area contributed by atoms with Gasteiger partial charge < -0.3 is 11.1 Å².